The first-order chi connectivity index (χ1) is 18.3. The Kier molecular flexibility index (Phi) is 7.07. The third-order valence-corrected chi connectivity index (χ3v) is 6.95. The SMILES string of the molecule is COc1cccc(-c2cc(C(=O)Nc3cc4ccc(OC5CCN(C)CC5)c(C)c4oc3=O)ccc2O)c1. The molecule has 4 aromatic rings. The highest BCUT2D eigenvalue weighted by molar-refractivity contribution is 6.05. The van der Waals surface area contributed by atoms with Gasteiger partial charge in [0.05, 0.1) is 7.11 Å². The van der Waals surface area contributed by atoms with Crippen LogP contribution >= 0.6 is 0 Å². The van der Waals surface area contributed by atoms with Gasteiger partial charge in [-0.15, -0.1) is 0 Å². The third kappa shape index (κ3) is 5.21. The number of nitrogens with one attached hydrogen (secondary N) is 1. The Morgan fingerprint density at radius 2 is 1.87 bits per heavy atom. The molecule has 38 heavy (non-hydrogen) atoms. The van der Waals surface area contributed by atoms with E-state index < -0.39 is 11.5 Å². The van der Waals surface area contributed by atoms with Crippen molar-refractivity contribution < 1.29 is 23.8 Å². The highest BCUT2D eigenvalue weighted by Crippen LogP contribution is 2.33. The molecule has 1 amide bonds. The number of nitrogens with zero attached hydrogens (tertiary/aromatic N) is 1. The van der Waals surface area contributed by atoms with Crippen LogP contribution in [-0.4, -0.2) is 49.3 Å². The highest BCUT2D eigenvalue weighted by Gasteiger charge is 2.20. The number of fused-ring (bicyclic) bond motifs is 1. The van der Waals surface area contributed by atoms with Crippen molar-refractivity contribution in [3.05, 3.63) is 82.2 Å². The predicted octanol–water partition coefficient (Wildman–Crippen LogP) is 5.21. The number of benzene rings is 3. The van der Waals surface area contributed by atoms with Crippen molar-refractivity contribution in [2.45, 2.75) is 25.9 Å². The van der Waals surface area contributed by atoms with Gasteiger partial charge in [0.2, 0.25) is 0 Å². The van der Waals surface area contributed by atoms with Gasteiger partial charge in [0, 0.05) is 35.2 Å². The standard InChI is InChI=1S/C30H30N2O6/c1-18-27(37-22-11-13-32(2)14-12-22)10-8-20-17-25(30(35)38-28(18)20)31-29(34)21-7-9-26(33)24(16-21)19-5-4-6-23(15-19)36-3/h4-10,15-17,22,33H,11-14H2,1-3H3,(H,31,34). The van der Waals surface area contributed by atoms with Gasteiger partial charge in [0.25, 0.3) is 5.91 Å². The van der Waals surface area contributed by atoms with Crippen LogP contribution in [0.5, 0.6) is 17.2 Å². The van der Waals surface area contributed by atoms with Crippen LogP contribution in [0.4, 0.5) is 5.69 Å². The van der Waals surface area contributed by atoms with Crippen LogP contribution in [0.25, 0.3) is 22.1 Å². The molecule has 2 N–H and O–H groups in total. The molecule has 5 rings (SSSR count). The fourth-order valence-corrected chi connectivity index (χ4v) is 4.70. The Hall–Kier alpha value is -4.30. The molecular weight excluding hydrogens is 484 g/mol. The van der Waals surface area contributed by atoms with E-state index in [0.29, 0.717) is 33.6 Å². The lowest BCUT2D eigenvalue weighted by atomic mass is 10.0. The monoisotopic (exact) mass is 514 g/mol. The lowest BCUT2D eigenvalue weighted by Crippen LogP contribution is -2.35. The van der Waals surface area contributed by atoms with Gasteiger partial charge in [-0.1, -0.05) is 12.1 Å². The second-order valence-corrected chi connectivity index (χ2v) is 9.59. The summed E-state index contributed by atoms with van der Waals surface area (Å²) in [6.07, 6.45) is 2.01. The minimum atomic E-state index is -0.655. The van der Waals surface area contributed by atoms with Crippen molar-refractivity contribution >= 4 is 22.6 Å². The van der Waals surface area contributed by atoms with E-state index in [-0.39, 0.29) is 23.1 Å². The van der Waals surface area contributed by atoms with Gasteiger partial charge in [-0.25, -0.2) is 4.79 Å². The molecule has 0 unspecified atom stereocenters. The lowest BCUT2D eigenvalue weighted by Gasteiger charge is -2.29. The molecule has 1 aromatic heterocycles. The maximum absolute atomic E-state index is 13.1. The van der Waals surface area contributed by atoms with E-state index in [9.17, 15) is 14.7 Å². The van der Waals surface area contributed by atoms with Gasteiger partial charge in [-0.3, -0.25) is 4.79 Å². The van der Waals surface area contributed by atoms with Crippen LogP contribution in [0.3, 0.4) is 0 Å². The summed E-state index contributed by atoms with van der Waals surface area (Å²) in [5, 5.41) is 13.7. The summed E-state index contributed by atoms with van der Waals surface area (Å²) in [5.74, 6) is 0.843. The molecule has 1 aliphatic heterocycles. The van der Waals surface area contributed by atoms with E-state index in [1.807, 2.05) is 25.1 Å². The zero-order valence-electron chi connectivity index (χ0n) is 21.6. The quantitative estimate of drug-likeness (QED) is 0.341. The van der Waals surface area contributed by atoms with Crippen LogP contribution in [0.2, 0.25) is 0 Å². The van der Waals surface area contributed by atoms with Crippen molar-refractivity contribution in [2.75, 3.05) is 32.6 Å². The number of anilines is 1. The smallest absolute Gasteiger partial charge is 0.360 e. The number of hydrogen-bond acceptors (Lipinski definition) is 7. The van der Waals surface area contributed by atoms with Gasteiger partial charge < -0.3 is 29.2 Å². The first-order valence-electron chi connectivity index (χ1n) is 12.5. The Morgan fingerprint density at radius 3 is 2.63 bits per heavy atom. The number of likely N-dealkylation sites (tertiary alicyclic amines) is 1. The van der Waals surface area contributed by atoms with Gasteiger partial charge in [-0.2, -0.15) is 0 Å². The molecule has 8 nitrogen and oxygen atoms in total. The summed E-state index contributed by atoms with van der Waals surface area (Å²) in [6.45, 7) is 3.83. The predicted molar refractivity (Wildman–Crippen MR) is 146 cm³/mol. The minimum Gasteiger partial charge on any atom is -0.507 e. The van der Waals surface area contributed by atoms with Gasteiger partial charge in [0.1, 0.15) is 34.6 Å². The van der Waals surface area contributed by atoms with E-state index in [4.69, 9.17) is 13.9 Å². The molecule has 3 aromatic carbocycles. The van der Waals surface area contributed by atoms with E-state index >= 15 is 0 Å². The van der Waals surface area contributed by atoms with Crippen LogP contribution in [0.15, 0.2) is 69.9 Å². The number of hydrogen-bond donors (Lipinski definition) is 2. The Labute approximate surface area is 220 Å². The number of amides is 1. The summed E-state index contributed by atoms with van der Waals surface area (Å²) >= 11 is 0. The average molecular weight is 515 g/mol. The maximum Gasteiger partial charge on any atom is 0.360 e. The molecule has 8 heteroatoms. The third-order valence-electron chi connectivity index (χ3n) is 6.95. The number of phenolic OH excluding ortho intramolecular Hbond substituents is 1. The summed E-state index contributed by atoms with van der Waals surface area (Å²) < 4.78 is 17.1. The van der Waals surface area contributed by atoms with E-state index in [1.54, 1.807) is 37.4 Å². The number of rotatable bonds is 6. The fourth-order valence-electron chi connectivity index (χ4n) is 4.70. The number of methoxy groups -OCH3 is 1. The Balaban J connectivity index is 1.38. The number of aryl methyl sites for hydroxylation is 1. The molecular formula is C30H30N2O6. The largest absolute Gasteiger partial charge is 0.507 e. The van der Waals surface area contributed by atoms with Crippen molar-refractivity contribution in [1.82, 2.24) is 4.90 Å². The van der Waals surface area contributed by atoms with E-state index in [2.05, 4.69) is 17.3 Å². The normalized spacial score (nSPS) is 14.4. The van der Waals surface area contributed by atoms with Crippen LogP contribution < -0.4 is 20.4 Å². The van der Waals surface area contributed by atoms with E-state index in [1.165, 1.54) is 12.1 Å². The topological polar surface area (TPSA) is 101 Å². The zero-order chi connectivity index (χ0) is 26.8. The number of ether oxygens (including phenoxy) is 2. The van der Waals surface area contributed by atoms with Crippen molar-refractivity contribution in [3.63, 3.8) is 0 Å². The second-order valence-electron chi connectivity index (χ2n) is 9.59. The van der Waals surface area contributed by atoms with Gasteiger partial charge >= 0.3 is 5.63 Å². The number of piperidine rings is 1. The first kappa shape index (κ1) is 25.4. The molecule has 1 fully saturated rings. The number of carbonyl (C=O) groups excluding carboxylic acids is 1. The molecule has 0 saturated carbocycles. The van der Waals surface area contributed by atoms with Crippen LogP contribution in [-0.2, 0) is 0 Å². The molecule has 0 spiro atoms. The van der Waals surface area contributed by atoms with Crippen molar-refractivity contribution in [2.24, 2.45) is 0 Å². The fraction of sp³-hybridized carbons (Fsp3) is 0.267. The van der Waals surface area contributed by atoms with Gasteiger partial charge in [-0.05, 0) is 80.9 Å². The number of phenols is 1. The van der Waals surface area contributed by atoms with Crippen LogP contribution in [0, 0.1) is 6.92 Å². The summed E-state index contributed by atoms with van der Waals surface area (Å²) in [5.41, 5.74) is 1.99. The second kappa shape index (κ2) is 10.6. The number of carbonyl (C=O) groups is 1. The molecule has 196 valence electrons. The molecule has 0 aliphatic carbocycles. The van der Waals surface area contributed by atoms with Crippen molar-refractivity contribution in [3.8, 4) is 28.4 Å². The molecule has 1 aliphatic rings. The van der Waals surface area contributed by atoms with Crippen molar-refractivity contribution in [1.29, 1.82) is 0 Å². The Bertz CT molecular complexity index is 1550. The minimum absolute atomic E-state index is 0.0220. The average Bonchev–Trinajstić information content (AvgIpc) is 2.92. The maximum atomic E-state index is 13.1. The van der Waals surface area contributed by atoms with Crippen LogP contribution in [0.1, 0.15) is 28.8 Å². The zero-order valence-corrected chi connectivity index (χ0v) is 21.6. The number of aromatic hydroxyl groups is 1. The molecule has 1 saturated heterocycles. The molecule has 2 heterocycles. The lowest BCUT2D eigenvalue weighted by molar-refractivity contribution is 0.102. The Morgan fingerprint density at radius 1 is 1.08 bits per heavy atom. The van der Waals surface area contributed by atoms with Gasteiger partial charge in [0.15, 0.2) is 0 Å². The highest BCUT2D eigenvalue weighted by atomic mass is 16.5. The summed E-state index contributed by atoms with van der Waals surface area (Å²) in [7, 11) is 3.66. The summed E-state index contributed by atoms with van der Waals surface area (Å²) in [4.78, 5) is 28.2. The molecule has 0 atom stereocenters. The summed E-state index contributed by atoms with van der Waals surface area (Å²) in [6, 6.07) is 17.0. The molecule has 0 bridgehead atoms. The molecule has 0 radical (unpaired) electrons. The van der Waals surface area contributed by atoms with E-state index in [0.717, 1.165) is 31.5 Å². The first-order valence-corrected chi connectivity index (χ1v) is 12.5.